The van der Waals surface area contributed by atoms with E-state index in [2.05, 4.69) is 17.0 Å². The number of nitrogens with zero attached hydrogens (tertiary/aromatic N) is 1. The van der Waals surface area contributed by atoms with E-state index in [1.807, 2.05) is 45.0 Å². The molecule has 0 spiro atoms. The van der Waals surface area contributed by atoms with Crippen LogP contribution >= 0.6 is 35.8 Å². The third kappa shape index (κ3) is 4.68. The molecule has 0 aliphatic heterocycles. The molecule has 0 saturated carbocycles. The van der Waals surface area contributed by atoms with E-state index < -0.39 is 16.1 Å². The van der Waals surface area contributed by atoms with Crippen molar-refractivity contribution < 1.29 is 4.55 Å². The maximum absolute atomic E-state index is 12.2. The maximum atomic E-state index is 12.2. The quantitative estimate of drug-likeness (QED) is 0.402. The van der Waals surface area contributed by atoms with Gasteiger partial charge in [-0.2, -0.15) is 0 Å². The molecule has 0 aliphatic carbocycles. The van der Waals surface area contributed by atoms with E-state index in [0.717, 1.165) is 16.0 Å². The fraction of sp³-hybridized carbons (Fsp3) is 0.235. The van der Waals surface area contributed by atoms with Crippen molar-refractivity contribution in [3.63, 3.8) is 0 Å². The Morgan fingerprint density at radius 1 is 1.17 bits per heavy atom. The second-order valence-electron chi connectivity index (χ2n) is 5.97. The van der Waals surface area contributed by atoms with Gasteiger partial charge >= 0.3 is 0 Å². The molecule has 0 saturated heterocycles. The molecule has 23 heavy (non-hydrogen) atoms. The van der Waals surface area contributed by atoms with Gasteiger partial charge in [0.2, 0.25) is 0 Å². The lowest BCUT2D eigenvalue weighted by molar-refractivity contribution is 0.562. The SMILES string of the molecule is CC(C)(C)[S+]([O-])N=Cc1cc(Cl)cc(Cl)c1-c1ccccc1S. The van der Waals surface area contributed by atoms with Gasteiger partial charge in [-0.15, -0.1) is 12.6 Å². The Hall–Kier alpha value is -0.650. The van der Waals surface area contributed by atoms with Crippen molar-refractivity contribution in [3.8, 4) is 11.1 Å². The lowest BCUT2D eigenvalue weighted by Gasteiger charge is -2.18. The minimum atomic E-state index is -1.36. The first-order valence-corrected chi connectivity index (χ1v) is 9.24. The molecule has 0 aromatic heterocycles. The van der Waals surface area contributed by atoms with Crippen molar-refractivity contribution in [1.29, 1.82) is 0 Å². The van der Waals surface area contributed by atoms with Crippen LogP contribution in [0.5, 0.6) is 0 Å². The van der Waals surface area contributed by atoms with Crippen molar-refractivity contribution in [2.75, 3.05) is 0 Å². The molecule has 1 unspecified atom stereocenters. The zero-order valence-corrected chi connectivity index (χ0v) is 16.2. The lowest BCUT2D eigenvalue weighted by atomic mass is 10.00. The Kier molecular flexibility index (Phi) is 6.09. The predicted octanol–water partition coefficient (Wildman–Crippen LogP) is 5.83. The highest BCUT2D eigenvalue weighted by Crippen LogP contribution is 2.36. The Labute approximate surface area is 155 Å². The number of benzene rings is 2. The Morgan fingerprint density at radius 2 is 1.83 bits per heavy atom. The third-order valence-electron chi connectivity index (χ3n) is 3.07. The Morgan fingerprint density at radius 3 is 2.43 bits per heavy atom. The Balaban J connectivity index is 2.56. The van der Waals surface area contributed by atoms with Crippen molar-refractivity contribution in [2.45, 2.75) is 30.4 Å². The molecule has 2 aromatic rings. The smallest absolute Gasteiger partial charge is 0.144 e. The van der Waals surface area contributed by atoms with Gasteiger partial charge in [0.1, 0.15) is 16.1 Å². The molecule has 0 amide bonds. The third-order valence-corrected chi connectivity index (χ3v) is 5.32. The number of hydrogen-bond donors (Lipinski definition) is 1. The van der Waals surface area contributed by atoms with Crippen molar-refractivity contribution >= 4 is 53.4 Å². The minimum absolute atomic E-state index is 0.430. The molecule has 1 atom stereocenters. The predicted molar refractivity (Wildman–Crippen MR) is 105 cm³/mol. The normalized spacial score (nSPS) is 13.5. The first kappa shape index (κ1) is 18.7. The van der Waals surface area contributed by atoms with Crippen LogP contribution in [0.2, 0.25) is 10.0 Å². The van der Waals surface area contributed by atoms with E-state index >= 15 is 0 Å². The highest BCUT2D eigenvalue weighted by molar-refractivity contribution is 7.91. The number of rotatable bonds is 3. The molecule has 0 heterocycles. The van der Waals surface area contributed by atoms with E-state index in [4.69, 9.17) is 23.2 Å². The van der Waals surface area contributed by atoms with Gasteiger partial charge in [0.15, 0.2) is 0 Å². The van der Waals surface area contributed by atoms with Gasteiger partial charge in [0.05, 0.1) is 11.2 Å². The molecule has 2 rings (SSSR count). The zero-order chi connectivity index (χ0) is 17.2. The van der Waals surface area contributed by atoms with Gasteiger partial charge in [-0.1, -0.05) is 45.8 Å². The largest absolute Gasteiger partial charge is 0.591 e. The highest BCUT2D eigenvalue weighted by Gasteiger charge is 2.26. The summed E-state index contributed by atoms with van der Waals surface area (Å²) in [4.78, 5) is 0.795. The lowest BCUT2D eigenvalue weighted by Crippen LogP contribution is -2.25. The highest BCUT2D eigenvalue weighted by atomic mass is 35.5. The summed E-state index contributed by atoms with van der Waals surface area (Å²) in [6, 6.07) is 11.1. The fourth-order valence-corrected chi connectivity index (χ4v) is 3.34. The van der Waals surface area contributed by atoms with E-state index in [1.54, 1.807) is 18.3 Å². The van der Waals surface area contributed by atoms with E-state index in [1.165, 1.54) is 0 Å². The molecular weight excluding hydrogens is 369 g/mol. The molecule has 0 radical (unpaired) electrons. The van der Waals surface area contributed by atoms with Crippen LogP contribution in [0.1, 0.15) is 26.3 Å². The van der Waals surface area contributed by atoms with Gasteiger partial charge in [0.25, 0.3) is 0 Å². The molecule has 2 aromatic carbocycles. The molecule has 2 nitrogen and oxygen atoms in total. The summed E-state index contributed by atoms with van der Waals surface area (Å²) in [7, 11) is 0. The molecule has 0 fully saturated rings. The standard InChI is InChI=1S/C17H17Cl2NOS2/c1-17(2,3)23(21)20-10-11-8-12(18)9-14(19)16(11)13-6-4-5-7-15(13)22/h4-10,22H,1-3H3. The van der Waals surface area contributed by atoms with Gasteiger partial charge in [-0.3, -0.25) is 0 Å². The second kappa shape index (κ2) is 7.49. The summed E-state index contributed by atoms with van der Waals surface area (Å²) < 4.78 is 15.9. The monoisotopic (exact) mass is 385 g/mol. The van der Waals surface area contributed by atoms with Crippen LogP contribution < -0.4 is 0 Å². The zero-order valence-electron chi connectivity index (χ0n) is 13.0. The molecule has 0 N–H and O–H groups in total. The molecule has 122 valence electrons. The summed E-state index contributed by atoms with van der Waals surface area (Å²) in [6.07, 6.45) is 1.56. The van der Waals surface area contributed by atoms with E-state index in [9.17, 15) is 4.55 Å². The summed E-state index contributed by atoms with van der Waals surface area (Å²) in [5.74, 6) is 0. The first-order chi connectivity index (χ1) is 10.7. The fourth-order valence-electron chi connectivity index (χ4n) is 1.93. The van der Waals surface area contributed by atoms with Crippen LogP contribution in [0.25, 0.3) is 11.1 Å². The van der Waals surface area contributed by atoms with Crippen molar-refractivity contribution in [1.82, 2.24) is 0 Å². The van der Waals surface area contributed by atoms with Crippen LogP contribution in [0.3, 0.4) is 0 Å². The van der Waals surface area contributed by atoms with E-state index in [0.29, 0.717) is 15.6 Å². The number of halogens is 2. The topological polar surface area (TPSA) is 35.4 Å². The van der Waals surface area contributed by atoms with Crippen molar-refractivity contribution in [2.24, 2.45) is 4.40 Å². The maximum Gasteiger partial charge on any atom is 0.144 e. The number of hydrogen-bond acceptors (Lipinski definition) is 3. The second-order valence-corrected chi connectivity index (χ2v) is 9.22. The van der Waals surface area contributed by atoms with Crippen molar-refractivity contribution in [3.05, 3.63) is 52.0 Å². The average Bonchev–Trinajstić information content (AvgIpc) is 2.44. The van der Waals surface area contributed by atoms with Gasteiger partial charge in [0, 0.05) is 21.0 Å². The van der Waals surface area contributed by atoms with Crippen LogP contribution in [0.15, 0.2) is 45.7 Å². The van der Waals surface area contributed by atoms with Gasteiger partial charge in [-0.05, 0) is 44.5 Å². The van der Waals surface area contributed by atoms with Gasteiger partial charge in [-0.25, -0.2) is 0 Å². The average molecular weight is 386 g/mol. The first-order valence-electron chi connectivity index (χ1n) is 6.93. The van der Waals surface area contributed by atoms with Crippen LogP contribution in [0, 0.1) is 0 Å². The molecule has 6 heteroatoms. The molecule has 0 bridgehead atoms. The number of thiol groups is 1. The Bertz CT molecular complexity index is 742. The summed E-state index contributed by atoms with van der Waals surface area (Å²) in [5.41, 5.74) is 2.36. The minimum Gasteiger partial charge on any atom is -0.591 e. The summed E-state index contributed by atoms with van der Waals surface area (Å²) in [6.45, 7) is 5.61. The van der Waals surface area contributed by atoms with E-state index in [-0.39, 0.29) is 0 Å². The van der Waals surface area contributed by atoms with Gasteiger partial charge < -0.3 is 4.55 Å². The molecular formula is C17H17Cl2NOS2. The van der Waals surface area contributed by atoms with Crippen LogP contribution in [0.4, 0.5) is 0 Å². The van der Waals surface area contributed by atoms with Crippen LogP contribution in [-0.2, 0) is 11.4 Å². The summed E-state index contributed by atoms with van der Waals surface area (Å²) in [5, 5.41) is 1.00. The molecule has 0 aliphatic rings. The summed E-state index contributed by atoms with van der Waals surface area (Å²) >= 11 is 15.6. The van der Waals surface area contributed by atoms with Crippen LogP contribution in [-0.4, -0.2) is 15.5 Å².